The third-order valence-electron chi connectivity index (χ3n) is 3.29. The van der Waals surface area contributed by atoms with Gasteiger partial charge in [0.15, 0.2) is 0 Å². The number of rotatable bonds is 5. The zero-order valence-electron chi connectivity index (χ0n) is 10.2. The van der Waals surface area contributed by atoms with Crippen LogP contribution in [0.2, 0.25) is 0 Å². The summed E-state index contributed by atoms with van der Waals surface area (Å²) in [6.07, 6.45) is 4.80. The molecule has 3 heteroatoms. The van der Waals surface area contributed by atoms with Gasteiger partial charge >= 0.3 is 0 Å². The van der Waals surface area contributed by atoms with E-state index >= 15 is 0 Å². The van der Waals surface area contributed by atoms with Gasteiger partial charge in [-0.3, -0.25) is 4.98 Å². The van der Waals surface area contributed by atoms with E-state index in [1.54, 1.807) is 7.11 Å². The molecule has 0 amide bonds. The topological polar surface area (TPSA) is 34.2 Å². The highest BCUT2D eigenvalue weighted by Gasteiger charge is 2.36. The maximum atomic E-state index is 5.62. The van der Waals surface area contributed by atoms with Crippen molar-refractivity contribution in [1.82, 2.24) is 10.3 Å². The van der Waals surface area contributed by atoms with Crippen LogP contribution in [0.25, 0.3) is 0 Å². The van der Waals surface area contributed by atoms with Crippen LogP contribution in [0.5, 0.6) is 0 Å². The zero-order valence-corrected chi connectivity index (χ0v) is 10.2. The number of nitrogens with one attached hydrogen (secondary N) is 1. The Morgan fingerprint density at radius 2 is 2.19 bits per heavy atom. The highest BCUT2D eigenvalue weighted by molar-refractivity contribution is 5.19. The second-order valence-electron chi connectivity index (χ2n) is 4.54. The van der Waals surface area contributed by atoms with Gasteiger partial charge in [0.2, 0.25) is 0 Å². The maximum absolute atomic E-state index is 5.62. The molecule has 1 N–H and O–H groups in total. The molecule has 1 saturated carbocycles. The van der Waals surface area contributed by atoms with Crippen molar-refractivity contribution in [3.8, 4) is 0 Å². The Bertz CT molecular complexity index is 332. The van der Waals surface area contributed by atoms with E-state index in [9.17, 15) is 0 Å². The molecule has 1 aromatic heterocycles. The summed E-state index contributed by atoms with van der Waals surface area (Å²) in [4.78, 5) is 4.35. The van der Waals surface area contributed by atoms with Gasteiger partial charge in [-0.15, -0.1) is 0 Å². The first kappa shape index (κ1) is 11.6. The predicted molar refractivity (Wildman–Crippen MR) is 64.3 cm³/mol. The van der Waals surface area contributed by atoms with Crippen molar-refractivity contribution < 1.29 is 4.74 Å². The van der Waals surface area contributed by atoms with Gasteiger partial charge in [-0.2, -0.15) is 0 Å². The first-order chi connectivity index (χ1) is 7.76. The Labute approximate surface area is 97.2 Å². The van der Waals surface area contributed by atoms with Crippen molar-refractivity contribution in [3.63, 3.8) is 0 Å². The molecule has 0 aromatic carbocycles. The third-order valence-corrected chi connectivity index (χ3v) is 3.29. The quantitative estimate of drug-likeness (QED) is 0.825. The Kier molecular flexibility index (Phi) is 3.56. The smallest absolute Gasteiger partial charge is 0.0794 e. The largest absolute Gasteiger partial charge is 0.379 e. The van der Waals surface area contributed by atoms with E-state index in [1.807, 2.05) is 20.2 Å². The minimum atomic E-state index is 0.255. The molecule has 0 saturated heterocycles. The van der Waals surface area contributed by atoms with Gasteiger partial charge in [0, 0.05) is 19.0 Å². The lowest BCUT2D eigenvalue weighted by molar-refractivity contribution is 0.0529. The Morgan fingerprint density at radius 1 is 1.44 bits per heavy atom. The van der Waals surface area contributed by atoms with Crippen LogP contribution in [0.4, 0.5) is 0 Å². The van der Waals surface area contributed by atoms with Gasteiger partial charge in [-0.1, -0.05) is 6.07 Å². The number of nitrogens with zero attached hydrogens (tertiary/aromatic N) is 1. The van der Waals surface area contributed by atoms with Gasteiger partial charge < -0.3 is 10.1 Å². The summed E-state index contributed by atoms with van der Waals surface area (Å²) in [5.74, 6) is 0.712. The molecule has 16 heavy (non-hydrogen) atoms. The molecule has 1 fully saturated rings. The Hall–Kier alpha value is -0.930. The molecule has 3 nitrogen and oxygen atoms in total. The van der Waals surface area contributed by atoms with Crippen LogP contribution in [0, 0.1) is 12.8 Å². The van der Waals surface area contributed by atoms with Crippen molar-refractivity contribution in [2.75, 3.05) is 14.2 Å². The third kappa shape index (κ3) is 2.42. The van der Waals surface area contributed by atoms with E-state index < -0.39 is 0 Å². The molecule has 2 atom stereocenters. The molecule has 88 valence electrons. The molecule has 1 heterocycles. The first-order valence-corrected chi connectivity index (χ1v) is 5.89. The summed E-state index contributed by atoms with van der Waals surface area (Å²) in [5, 5.41) is 3.35. The van der Waals surface area contributed by atoms with Crippen LogP contribution in [-0.2, 0) is 4.74 Å². The number of aromatic nitrogens is 1. The van der Waals surface area contributed by atoms with Gasteiger partial charge in [0.25, 0.3) is 0 Å². The molecule has 0 radical (unpaired) electrons. The molecule has 1 aliphatic carbocycles. The molecule has 1 aromatic rings. The van der Waals surface area contributed by atoms with Crippen LogP contribution in [0.15, 0.2) is 18.3 Å². The Morgan fingerprint density at radius 3 is 2.62 bits per heavy atom. The first-order valence-electron chi connectivity index (χ1n) is 5.89. The minimum absolute atomic E-state index is 0.255. The number of ether oxygens (including phenoxy) is 1. The number of pyridine rings is 1. The van der Waals surface area contributed by atoms with Crippen LogP contribution >= 0.6 is 0 Å². The summed E-state index contributed by atoms with van der Waals surface area (Å²) < 4.78 is 5.62. The molecular formula is C13H20N2O. The fourth-order valence-electron chi connectivity index (χ4n) is 2.21. The summed E-state index contributed by atoms with van der Waals surface area (Å²) in [6.45, 7) is 2.01. The molecule has 0 aliphatic heterocycles. The molecule has 1 aliphatic rings. The lowest BCUT2D eigenvalue weighted by Gasteiger charge is -2.25. The number of methoxy groups -OCH3 is 1. The predicted octanol–water partition coefficient (Wildman–Crippen LogP) is 2.08. The fraction of sp³-hybridized carbons (Fsp3) is 0.615. The normalized spacial score (nSPS) is 19.4. The van der Waals surface area contributed by atoms with Gasteiger partial charge in [0.05, 0.1) is 12.1 Å². The number of hydrogen-bond acceptors (Lipinski definition) is 3. The summed E-state index contributed by atoms with van der Waals surface area (Å²) in [6, 6.07) is 4.45. The number of aryl methyl sites for hydroxylation is 1. The molecule has 0 spiro atoms. The highest BCUT2D eigenvalue weighted by atomic mass is 16.5. The lowest BCUT2D eigenvalue weighted by atomic mass is 9.99. The van der Waals surface area contributed by atoms with Crippen LogP contribution in [0.1, 0.15) is 30.1 Å². The van der Waals surface area contributed by atoms with Crippen molar-refractivity contribution in [2.24, 2.45) is 5.92 Å². The van der Waals surface area contributed by atoms with Crippen molar-refractivity contribution in [3.05, 3.63) is 29.6 Å². The van der Waals surface area contributed by atoms with E-state index in [1.165, 1.54) is 18.4 Å². The van der Waals surface area contributed by atoms with E-state index in [0.29, 0.717) is 5.92 Å². The number of hydrogen-bond donors (Lipinski definition) is 1. The van der Waals surface area contributed by atoms with Gasteiger partial charge in [-0.05, 0) is 44.4 Å². The Balaban J connectivity index is 2.16. The van der Waals surface area contributed by atoms with E-state index in [0.717, 1.165) is 5.69 Å². The summed E-state index contributed by atoms with van der Waals surface area (Å²) in [7, 11) is 3.79. The number of likely N-dealkylation sites (N-methyl/N-ethyl adjacent to an activating group) is 1. The second kappa shape index (κ2) is 4.93. The maximum Gasteiger partial charge on any atom is 0.0794 e. The average molecular weight is 220 g/mol. The average Bonchev–Trinajstić information content (AvgIpc) is 3.11. The second-order valence-corrected chi connectivity index (χ2v) is 4.54. The summed E-state index contributed by atoms with van der Waals surface area (Å²) in [5.41, 5.74) is 2.27. The van der Waals surface area contributed by atoms with Crippen LogP contribution in [-0.4, -0.2) is 25.2 Å². The van der Waals surface area contributed by atoms with Crippen molar-refractivity contribution in [1.29, 1.82) is 0 Å². The lowest BCUT2D eigenvalue weighted by Crippen LogP contribution is -2.32. The molecule has 0 bridgehead atoms. The van der Waals surface area contributed by atoms with E-state index in [2.05, 4.69) is 22.4 Å². The molecule has 2 unspecified atom stereocenters. The molecular weight excluding hydrogens is 200 g/mol. The minimum Gasteiger partial charge on any atom is -0.379 e. The SMILES string of the molecule is CNC(c1ccc(C)nc1)C(OC)C1CC1. The van der Waals surface area contributed by atoms with E-state index in [4.69, 9.17) is 4.74 Å². The van der Waals surface area contributed by atoms with Crippen LogP contribution < -0.4 is 5.32 Å². The monoisotopic (exact) mass is 220 g/mol. The standard InChI is InChI=1S/C13H20N2O/c1-9-4-5-11(8-15-9)12(14-2)13(16-3)10-6-7-10/h4-5,8,10,12-14H,6-7H2,1-3H3. The van der Waals surface area contributed by atoms with E-state index in [-0.39, 0.29) is 12.1 Å². The van der Waals surface area contributed by atoms with Crippen molar-refractivity contribution >= 4 is 0 Å². The van der Waals surface area contributed by atoms with Gasteiger partial charge in [-0.25, -0.2) is 0 Å². The van der Waals surface area contributed by atoms with Gasteiger partial charge in [0.1, 0.15) is 0 Å². The molecule has 2 rings (SSSR count). The zero-order chi connectivity index (χ0) is 11.5. The summed E-state index contributed by atoms with van der Waals surface area (Å²) >= 11 is 0. The van der Waals surface area contributed by atoms with Crippen LogP contribution in [0.3, 0.4) is 0 Å². The fourth-order valence-corrected chi connectivity index (χ4v) is 2.21. The highest BCUT2D eigenvalue weighted by Crippen LogP contribution is 2.39. The van der Waals surface area contributed by atoms with Crippen molar-refractivity contribution in [2.45, 2.75) is 31.9 Å².